The Kier molecular flexibility index (Phi) is 4.33. The summed E-state index contributed by atoms with van der Waals surface area (Å²) >= 11 is 1.21. The first-order valence-electron chi connectivity index (χ1n) is 6.77. The molecule has 22 heavy (non-hydrogen) atoms. The minimum Gasteiger partial charge on any atom is -0.289 e. The van der Waals surface area contributed by atoms with Crippen LogP contribution in [0.1, 0.15) is 26.3 Å². The SMILES string of the molecule is Cc1ccc(S(=O)(=O)N2CC(C)(C)SC2(C)C(=O)NO)cc1. The summed E-state index contributed by atoms with van der Waals surface area (Å²) in [6.07, 6.45) is 0. The molecule has 0 aromatic heterocycles. The highest BCUT2D eigenvalue weighted by Gasteiger charge is 2.56. The fraction of sp³-hybridized carbons (Fsp3) is 0.500. The molecule has 1 amide bonds. The smallest absolute Gasteiger partial charge is 0.274 e. The van der Waals surface area contributed by atoms with Crippen molar-refractivity contribution >= 4 is 27.7 Å². The van der Waals surface area contributed by atoms with E-state index in [1.807, 2.05) is 20.8 Å². The van der Waals surface area contributed by atoms with Gasteiger partial charge in [-0.1, -0.05) is 17.7 Å². The van der Waals surface area contributed by atoms with Crippen molar-refractivity contribution in [2.45, 2.75) is 42.2 Å². The molecule has 1 aromatic carbocycles. The maximum absolute atomic E-state index is 12.9. The van der Waals surface area contributed by atoms with E-state index in [0.29, 0.717) is 0 Å². The van der Waals surface area contributed by atoms with E-state index in [-0.39, 0.29) is 11.4 Å². The van der Waals surface area contributed by atoms with Crippen LogP contribution >= 0.6 is 11.8 Å². The van der Waals surface area contributed by atoms with Crippen LogP contribution in [0.2, 0.25) is 0 Å². The molecule has 1 fully saturated rings. The Hall–Kier alpha value is -1.09. The highest BCUT2D eigenvalue weighted by Crippen LogP contribution is 2.49. The molecule has 1 atom stereocenters. The molecule has 1 aromatic rings. The van der Waals surface area contributed by atoms with Gasteiger partial charge in [0.1, 0.15) is 0 Å². The summed E-state index contributed by atoms with van der Waals surface area (Å²) in [6, 6.07) is 6.48. The van der Waals surface area contributed by atoms with Gasteiger partial charge >= 0.3 is 0 Å². The van der Waals surface area contributed by atoms with Crippen molar-refractivity contribution in [1.29, 1.82) is 0 Å². The van der Waals surface area contributed by atoms with Gasteiger partial charge in [0.15, 0.2) is 4.87 Å². The van der Waals surface area contributed by atoms with E-state index >= 15 is 0 Å². The lowest BCUT2D eigenvalue weighted by molar-refractivity contribution is -0.133. The molecule has 0 bridgehead atoms. The third kappa shape index (κ3) is 2.88. The number of hydrogen-bond acceptors (Lipinski definition) is 5. The average molecular weight is 344 g/mol. The normalized spacial score (nSPS) is 25.1. The molecule has 0 radical (unpaired) electrons. The second-order valence-corrected chi connectivity index (χ2v) is 10.1. The lowest BCUT2D eigenvalue weighted by Gasteiger charge is -2.30. The summed E-state index contributed by atoms with van der Waals surface area (Å²) in [5.74, 6) is -0.751. The maximum atomic E-state index is 12.9. The van der Waals surface area contributed by atoms with Gasteiger partial charge in [-0.15, -0.1) is 11.8 Å². The first-order chi connectivity index (χ1) is 10.0. The maximum Gasteiger partial charge on any atom is 0.274 e. The number of carbonyl (C=O) groups is 1. The third-order valence-electron chi connectivity index (χ3n) is 3.61. The lowest BCUT2D eigenvalue weighted by Crippen LogP contribution is -2.53. The third-order valence-corrected chi connectivity index (χ3v) is 7.15. The molecule has 1 heterocycles. The van der Waals surface area contributed by atoms with Crippen LogP contribution in [-0.4, -0.2) is 40.0 Å². The van der Waals surface area contributed by atoms with E-state index < -0.39 is 25.5 Å². The summed E-state index contributed by atoms with van der Waals surface area (Å²) in [4.78, 5) is 10.8. The monoisotopic (exact) mass is 344 g/mol. The Morgan fingerprint density at radius 1 is 1.27 bits per heavy atom. The minimum absolute atomic E-state index is 0.133. The fourth-order valence-corrected chi connectivity index (χ4v) is 6.36. The van der Waals surface area contributed by atoms with Gasteiger partial charge in [0.05, 0.1) is 4.90 Å². The van der Waals surface area contributed by atoms with Crippen molar-refractivity contribution in [3.8, 4) is 0 Å². The quantitative estimate of drug-likeness (QED) is 0.644. The van der Waals surface area contributed by atoms with E-state index in [0.717, 1.165) is 9.87 Å². The summed E-state index contributed by atoms with van der Waals surface area (Å²) in [5, 5.41) is 8.99. The standard InChI is InChI=1S/C14H20N2O4S2/c1-10-5-7-11(8-6-10)22(19,20)16-9-13(2,3)21-14(16,4)12(17)15-18/h5-8,18H,9H2,1-4H3,(H,15,17). The summed E-state index contributed by atoms with van der Waals surface area (Å²) in [7, 11) is -3.85. The average Bonchev–Trinajstić information content (AvgIpc) is 2.70. The Bertz CT molecular complexity index is 685. The van der Waals surface area contributed by atoms with Crippen LogP contribution < -0.4 is 5.48 Å². The van der Waals surface area contributed by atoms with Gasteiger partial charge in [0.2, 0.25) is 10.0 Å². The highest BCUT2D eigenvalue weighted by atomic mass is 32.2. The van der Waals surface area contributed by atoms with E-state index in [4.69, 9.17) is 5.21 Å². The molecule has 0 spiro atoms. The topological polar surface area (TPSA) is 86.7 Å². The molecule has 0 saturated carbocycles. The predicted octanol–water partition coefficient (Wildman–Crippen LogP) is 1.73. The molecule has 1 aliphatic rings. The predicted molar refractivity (Wildman–Crippen MR) is 85.1 cm³/mol. The number of nitrogens with one attached hydrogen (secondary N) is 1. The zero-order chi connectivity index (χ0) is 16.8. The minimum atomic E-state index is -3.85. The van der Waals surface area contributed by atoms with Gasteiger partial charge < -0.3 is 0 Å². The Morgan fingerprint density at radius 2 is 1.82 bits per heavy atom. The van der Waals surface area contributed by atoms with Crippen molar-refractivity contribution in [3.63, 3.8) is 0 Å². The summed E-state index contributed by atoms with van der Waals surface area (Å²) in [5.41, 5.74) is 2.53. The fourth-order valence-electron chi connectivity index (χ4n) is 2.53. The lowest BCUT2D eigenvalue weighted by atomic mass is 10.2. The van der Waals surface area contributed by atoms with Crippen molar-refractivity contribution in [1.82, 2.24) is 9.79 Å². The highest BCUT2D eigenvalue weighted by molar-refractivity contribution is 8.04. The Labute approximate surface area is 134 Å². The van der Waals surface area contributed by atoms with Crippen LogP contribution in [-0.2, 0) is 14.8 Å². The first kappa shape index (κ1) is 17.3. The molecule has 122 valence electrons. The van der Waals surface area contributed by atoms with E-state index in [1.54, 1.807) is 17.6 Å². The first-order valence-corrected chi connectivity index (χ1v) is 9.03. The molecule has 6 nitrogen and oxygen atoms in total. The van der Waals surface area contributed by atoms with Crippen molar-refractivity contribution in [2.24, 2.45) is 0 Å². The number of benzene rings is 1. The number of thioether (sulfide) groups is 1. The largest absolute Gasteiger partial charge is 0.289 e. The van der Waals surface area contributed by atoms with Crippen molar-refractivity contribution in [3.05, 3.63) is 29.8 Å². The van der Waals surface area contributed by atoms with Crippen molar-refractivity contribution < 1.29 is 18.4 Å². The second kappa shape index (κ2) is 5.52. The van der Waals surface area contributed by atoms with Crippen LogP contribution in [0.15, 0.2) is 29.2 Å². The molecule has 0 aliphatic carbocycles. The van der Waals surface area contributed by atoms with E-state index in [2.05, 4.69) is 0 Å². The zero-order valence-corrected chi connectivity index (χ0v) is 14.6. The Balaban J connectivity index is 2.52. The van der Waals surface area contributed by atoms with Crippen molar-refractivity contribution in [2.75, 3.05) is 6.54 Å². The summed E-state index contributed by atoms with van der Waals surface area (Å²) in [6.45, 7) is 7.28. The number of nitrogens with zero attached hydrogens (tertiary/aromatic N) is 1. The van der Waals surface area contributed by atoms with Gasteiger partial charge in [-0.3, -0.25) is 10.0 Å². The van der Waals surface area contributed by atoms with E-state index in [9.17, 15) is 13.2 Å². The molecule has 8 heteroatoms. The number of rotatable bonds is 3. The van der Waals surface area contributed by atoms with Gasteiger partial charge in [-0.2, -0.15) is 4.31 Å². The van der Waals surface area contributed by atoms with Gasteiger partial charge in [-0.05, 0) is 39.8 Å². The second-order valence-electron chi connectivity index (χ2n) is 6.11. The molecule has 1 saturated heterocycles. The van der Waals surface area contributed by atoms with Gasteiger partial charge in [-0.25, -0.2) is 13.9 Å². The molecule has 2 N–H and O–H groups in total. The van der Waals surface area contributed by atoms with Crippen LogP contribution in [0.3, 0.4) is 0 Å². The van der Waals surface area contributed by atoms with Crippen LogP contribution in [0.4, 0.5) is 0 Å². The molecule has 2 rings (SSSR count). The molecule has 1 aliphatic heterocycles. The Morgan fingerprint density at radius 3 is 2.32 bits per heavy atom. The number of amides is 1. The van der Waals surface area contributed by atoms with Crippen LogP contribution in [0, 0.1) is 6.92 Å². The van der Waals surface area contributed by atoms with Crippen LogP contribution in [0.25, 0.3) is 0 Å². The zero-order valence-electron chi connectivity index (χ0n) is 13.0. The summed E-state index contributed by atoms with van der Waals surface area (Å²) < 4.78 is 26.5. The van der Waals surface area contributed by atoms with Crippen LogP contribution in [0.5, 0.6) is 0 Å². The molecular formula is C14H20N2O4S2. The number of sulfonamides is 1. The molecule has 1 unspecified atom stereocenters. The number of hydroxylamine groups is 1. The van der Waals surface area contributed by atoms with Gasteiger partial charge in [0, 0.05) is 11.3 Å². The molecular weight excluding hydrogens is 324 g/mol. The number of aryl methyl sites for hydroxylation is 1. The number of hydrogen-bond donors (Lipinski definition) is 2. The van der Waals surface area contributed by atoms with E-state index in [1.165, 1.54) is 30.8 Å². The van der Waals surface area contributed by atoms with Gasteiger partial charge in [0.25, 0.3) is 5.91 Å². The number of carbonyl (C=O) groups excluding carboxylic acids is 1.